The van der Waals surface area contributed by atoms with Crippen molar-refractivity contribution in [1.82, 2.24) is 9.80 Å². The molecule has 2 aromatic carbocycles. The molecule has 2 unspecified atom stereocenters. The lowest BCUT2D eigenvalue weighted by atomic mass is 9.80. The number of carbonyl (C=O) groups is 1. The van der Waals surface area contributed by atoms with Crippen LogP contribution in [0.4, 0.5) is 5.69 Å². The summed E-state index contributed by atoms with van der Waals surface area (Å²) >= 11 is 0. The Labute approximate surface area is 184 Å². The second kappa shape index (κ2) is 8.17. The van der Waals surface area contributed by atoms with Gasteiger partial charge in [-0.15, -0.1) is 0 Å². The maximum Gasteiger partial charge on any atom is 0.251 e. The van der Waals surface area contributed by atoms with E-state index in [1.54, 1.807) is 7.11 Å². The number of piperazine rings is 1. The third-order valence-corrected chi connectivity index (χ3v) is 7.07. The van der Waals surface area contributed by atoms with Crippen LogP contribution in [0.1, 0.15) is 17.5 Å². The Morgan fingerprint density at radius 1 is 1.10 bits per heavy atom. The van der Waals surface area contributed by atoms with Gasteiger partial charge in [0.1, 0.15) is 11.9 Å². The Hall–Kier alpha value is -2.57. The first kappa shape index (κ1) is 20.3. The van der Waals surface area contributed by atoms with Crippen LogP contribution in [0.15, 0.2) is 48.5 Å². The molecule has 0 saturated carbocycles. The molecule has 0 radical (unpaired) electrons. The summed E-state index contributed by atoms with van der Waals surface area (Å²) in [6, 6.07) is 16.9. The molecule has 2 aromatic rings. The van der Waals surface area contributed by atoms with E-state index < -0.39 is 0 Å². The summed E-state index contributed by atoms with van der Waals surface area (Å²) < 4.78 is 11.5. The molecule has 2 fully saturated rings. The molecule has 2 saturated heterocycles. The van der Waals surface area contributed by atoms with E-state index in [1.807, 2.05) is 17.0 Å². The summed E-state index contributed by atoms with van der Waals surface area (Å²) in [7, 11) is 3.80. The smallest absolute Gasteiger partial charge is 0.251 e. The molecule has 6 heteroatoms. The van der Waals surface area contributed by atoms with Gasteiger partial charge in [0.25, 0.3) is 5.91 Å². The molecular formula is C25H31N3O3. The first-order valence-corrected chi connectivity index (χ1v) is 11.1. The van der Waals surface area contributed by atoms with Crippen molar-refractivity contribution in [2.75, 3.05) is 58.4 Å². The third kappa shape index (κ3) is 3.79. The summed E-state index contributed by atoms with van der Waals surface area (Å²) in [5, 5.41) is 0. The topological polar surface area (TPSA) is 45.3 Å². The normalized spacial score (nSPS) is 25.8. The first-order valence-electron chi connectivity index (χ1n) is 11.1. The van der Waals surface area contributed by atoms with Gasteiger partial charge in [0.15, 0.2) is 0 Å². The standard InChI is InChI=1S/C25H31N3O3/c1-26-11-13-27(14-12-26)24(29)23-15-25(18-31-23)17-28(22-6-4-3-5-21(22)25)16-19-7-9-20(30-2)10-8-19/h3-10,23H,11-18H2,1-2H3. The van der Waals surface area contributed by atoms with E-state index in [4.69, 9.17) is 9.47 Å². The summed E-state index contributed by atoms with van der Waals surface area (Å²) in [5.74, 6) is 1.03. The van der Waals surface area contributed by atoms with Gasteiger partial charge < -0.3 is 24.2 Å². The number of fused-ring (bicyclic) bond motifs is 2. The molecule has 6 nitrogen and oxygen atoms in total. The summed E-state index contributed by atoms with van der Waals surface area (Å²) in [5.41, 5.74) is 3.71. The number of anilines is 1. The maximum absolute atomic E-state index is 13.1. The van der Waals surface area contributed by atoms with Gasteiger partial charge in [-0.1, -0.05) is 30.3 Å². The van der Waals surface area contributed by atoms with Crippen LogP contribution in [0.3, 0.4) is 0 Å². The van der Waals surface area contributed by atoms with Crippen LogP contribution < -0.4 is 9.64 Å². The van der Waals surface area contributed by atoms with Gasteiger partial charge in [-0.05, 0) is 42.8 Å². The van der Waals surface area contributed by atoms with E-state index >= 15 is 0 Å². The molecule has 0 aliphatic carbocycles. The lowest BCUT2D eigenvalue weighted by molar-refractivity contribution is -0.142. The van der Waals surface area contributed by atoms with E-state index in [9.17, 15) is 4.79 Å². The van der Waals surface area contributed by atoms with Crippen LogP contribution in [-0.4, -0.2) is 75.3 Å². The van der Waals surface area contributed by atoms with Gasteiger partial charge in [0, 0.05) is 50.4 Å². The number of rotatable bonds is 4. The van der Waals surface area contributed by atoms with Crippen LogP contribution in [0.25, 0.3) is 0 Å². The Morgan fingerprint density at radius 3 is 2.58 bits per heavy atom. The molecule has 164 valence electrons. The Kier molecular flexibility index (Phi) is 5.36. The van der Waals surface area contributed by atoms with Gasteiger partial charge in [0.2, 0.25) is 0 Å². The first-order chi connectivity index (χ1) is 15.1. The van der Waals surface area contributed by atoms with Crippen LogP contribution in [0, 0.1) is 0 Å². The monoisotopic (exact) mass is 421 g/mol. The number of hydrogen-bond acceptors (Lipinski definition) is 5. The lowest BCUT2D eigenvalue weighted by Crippen LogP contribution is -2.50. The zero-order chi connectivity index (χ0) is 21.4. The quantitative estimate of drug-likeness (QED) is 0.759. The number of para-hydroxylation sites is 1. The summed E-state index contributed by atoms with van der Waals surface area (Å²) in [6.45, 7) is 5.77. The van der Waals surface area contributed by atoms with E-state index in [0.717, 1.165) is 51.4 Å². The molecule has 31 heavy (non-hydrogen) atoms. The van der Waals surface area contributed by atoms with Crippen LogP contribution in [-0.2, 0) is 21.5 Å². The number of ether oxygens (including phenoxy) is 2. The Morgan fingerprint density at radius 2 is 1.84 bits per heavy atom. The fraction of sp³-hybridized carbons (Fsp3) is 0.480. The van der Waals surface area contributed by atoms with Crippen LogP contribution in [0.2, 0.25) is 0 Å². The second-order valence-electron chi connectivity index (χ2n) is 9.13. The van der Waals surface area contributed by atoms with Crippen molar-refractivity contribution in [3.05, 3.63) is 59.7 Å². The minimum absolute atomic E-state index is 0.115. The molecule has 3 heterocycles. The van der Waals surface area contributed by atoms with Gasteiger partial charge in [-0.2, -0.15) is 0 Å². The van der Waals surface area contributed by atoms with Gasteiger partial charge in [-0.25, -0.2) is 0 Å². The maximum atomic E-state index is 13.1. The lowest BCUT2D eigenvalue weighted by Gasteiger charge is -2.33. The van der Waals surface area contributed by atoms with Crippen LogP contribution >= 0.6 is 0 Å². The highest BCUT2D eigenvalue weighted by Gasteiger charge is 2.50. The average Bonchev–Trinajstić information content (AvgIpc) is 3.37. The molecule has 5 rings (SSSR count). The minimum Gasteiger partial charge on any atom is -0.497 e. The van der Waals surface area contributed by atoms with E-state index in [2.05, 4.69) is 53.2 Å². The molecule has 2 atom stereocenters. The molecule has 3 aliphatic rings. The molecular weight excluding hydrogens is 390 g/mol. The summed E-state index contributed by atoms with van der Waals surface area (Å²) in [4.78, 5) is 19.8. The largest absolute Gasteiger partial charge is 0.497 e. The van der Waals surface area contributed by atoms with Crippen molar-refractivity contribution in [2.24, 2.45) is 0 Å². The number of methoxy groups -OCH3 is 1. The summed E-state index contributed by atoms with van der Waals surface area (Å²) in [6.07, 6.45) is 0.422. The molecule has 3 aliphatic heterocycles. The van der Waals surface area contributed by atoms with Gasteiger partial charge in [0.05, 0.1) is 13.7 Å². The number of hydrogen-bond donors (Lipinski definition) is 0. The fourth-order valence-electron chi connectivity index (χ4n) is 5.25. The van der Waals surface area contributed by atoms with E-state index in [-0.39, 0.29) is 17.4 Å². The minimum atomic E-state index is -0.336. The van der Waals surface area contributed by atoms with Crippen molar-refractivity contribution in [2.45, 2.75) is 24.5 Å². The molecule has 1 amide bonds. The van der Waals surface area contributed by atoms with Gasteiger partial charge in [-0.3, -0.25) is 4.79 Å². The van der Waals surface area contributed by atoms with Crippen molar-refractivity contribution in [1.29, 1.82) is 0 Å². The third-order valence-electron chi connectivity index (χ3n) is 7.07. The Bertz CT molecular complexity index is 939. The molecule has 0 N–H and O–H groups in total. The number of benzene rings is 2. The van der Waals surface area contributed by atoms with Crippen molar-refractivity contribution >= 4 is 11.6 Å². The van der Waals surface area contributed by atoms with Gasteiger partial charge >= 0.3 is 0 Å². The second-order valence-corrected chi connectivity index (χ2v) is 9.13. The average molecular weight is 422 g/mol. The van der Waals surface area contributed by atoms with Crippen LogP contribution in [0.5, 0.6) is 5.75 Å². The van der Waals surface area contributed by atoms with Crippen molar-refractivity contribution < 1.29 is 14.3 Å². The zero-order valence-electron chi connectivity index (χ0n) is 18.4. The number of carbonyl (C=O) groups excluding carboxylic acids is 1. The molecule has 0 aromatic heterocycles. The van der Waals surface area contributed by atoms with E-state index in [0.29, 0.717) is 6.61 Å². The highest BCUT2D eigenvalue weighted by molar-refractivity contribution is 5.82. The highest BCUT2D eigenvalue weighted by Crippen LogP contribution is 2.48. The zero-order valence-corrected chi connectivity index (χ0v) is 18.4. The predicted octanol–water partition coefficient (Wildman–Crippen LogP) is 2.52. The van der Waals surface area contributed by atoms with Crippen molar-refractivity contribution in [3.8, 4) is 5.75 Å². The highest BCUT2D eigenvalue weighted by atomic mass is 16.5. The van der Waals surface area contributed by atoms with Crippen molar-refractivity contribution in [3.63, 3.8) is 0 Å². The number of nitrogens with zero attached hydrogens (tertiary/aromatic N) is 3. The number of amides is 1. The molecule has 1 spiro atoms. The predicted molar refractivity (Wildman–Crippen MR) is 121 cm³/mol. The Balaban J connectivity index is 1.33. The number of likely N-dealkylation sites (N-methyl/N-ethyl adjacent to an activating group) is 1. The molecule has 0 bridgehead atoms. The van der Waals surface area contributed by atoms with E-state index in [1.165, 1.54) is 16.8 Å². The SMILES string of the molecule is COc1ccc(CN2CC3(COC(C(=O)N4CCN(C)CC4)C3)c3ccccc32)cc1. The fourth-order valence-corrected chi connectivity index (χ4v) is 5.25.